The van der Waals surface area contributed by atoms with Crippen LogP contribution in [0.1, 0.15) is 38.7 Å². The quantitative estimate of drug-likeness (QED) is 0.209. The van der Waals surface area contributed by atoms with Gasteiger partial charge in [-0.2, -0.15) is 0 Å². The summed E-state index contributed by atoms with van der Waals surface area (Å²) >= 11 is 0. The highest BCUT2D eigenvalue weighted by atomic mass is 127. The number of halogens is 1. The second-order valence-corrected chi connectivity index (χ2v) is 6.00. The largest absolute Gasteiger partial charge is 0.477 e. The Morgan fingerprint density at radius 3 is 2.73 bits per heavy atom. The molecule has 0 spiro atoms. The maximum atomic E-state index is 11.6. The topological polar surface area (TPSA) is 87.6 Å². The zero-order chi connectivity index (χ0) is 17.9. The summed E-state index contributed by atoms with van der Waals surface area (Å²) in [4.78, 5) is 20.5. The Morgan fingerprint density at radius 1 is 1.27 bits per heavy atom. The molecule has 3 N–H and O–H groups in total. The average Bonchev–Trinajstić information content (AvgIpc) is 3.47. The van der Waals surface area contributed by atoms with E-state index in [4.69, 9.17) is 4.74 Å². The van der Waals surface area contributed by atoms with Crippen LogP contribution in [0.15, 0.2) is 23.3 Å². The highest BCUT2D eigenvalue weighted by molar-refractivity contribution is 14.0. The van der Waals surface area contributed by atoms with E-state index in [2.05, 4.69) is 32.9 Å². The maximum Gasteiger partial charge on any atom is 0.223 e. The summed E-state index contributed by atoms with van der Waals surface area (Å²) in [6.07, 6.45) is 4.72. The fraction of sp³-hybridized carbons (Fsp3) is 0.611. The maximum absolute atomic E-state index is 11.6. The lowest BCUT2D eigenvalue weighted by Gasteiger charge is -2.12. The third-order valence-corrected chi connectivity index (χ3v) is 3.71. The van der Waals surface area contributed by atoms with Gasteiger partial charge in [0.15, 0.2) is 5.96 Å². The lowest BCUT2D eigenvalue weighted by molar-refractivity contribution is -0.122. The van der Waals surface area contributed by atoms with Crippen molar-refractivity contribution >= 4 is 35.8 Å². The van der Waals surface area contributed by atoms with Gasteiger partial charge in [-0.15, -0.1) is 24.0 Å². The number of guanidine groups is 1. The number of nitrogens with one attached hydrogen (secondary N) is 3. The molecule has 1 aromatic heterocycles. The Hall–Kier alpha value is -1.58. The van der Waals surface area contributed by atoms with E-state index < -0.39 is 0 Å². The first-order valence-corrected chi connectivity index (χ1v) is 9.11. The first-order chi connectivity index (χ1) is 12.2. The smallest absolute Gasteiger partial charge is 0.223 e. The molecule has 8 heteroatoms. The zero-order valence-corrected chi connectivity index (χ0v) is 17.9. The molecule has 0 aliphatic heterocycles. The van der Waals surface area contributed by atoms with Crippen LogP contribution in [-0.4, -0.2) is 43.1 Å². The van der Waals surface area contributed by atoms with E-state index in [1.807, 2.05) is 19.1 Å². The van der Waals surface area contributed by atoms with Crippen molar-refractivity contribution in [3.8, 4) is 5.88 Å². The number of hydrogen-bond acceptors (Lipinski definition) is 4. The highest BCUT2D eigenvalue weighted by Crippen LogP contribution is 2.28. The van der Waals surface area contributed by atoms with Gasteiger partial charge in [0.2, 0.25) is 11.8 Å². The van der Waals surface area contributed by atoms with Crippen LogP contribution in [0, 0.1) is 5.92 Å². The molecule has 1 heterocycles. The van der Waals surface area contributed by atoms with Gasteiger partial charge in [-0.05, 0) is 32.3 Å². The average molecular weight is 475 g/mol. The molecule has 1 aliphatic carbocycles. The normalized spacial score (nSPS) is 13.5. The number of amides is 1. The van der Waals surface area contributed by atoms with Crippen LogP contribution < -0.4 is 20.7 Å². The molecule has 1 amide bonds. The van der Waals surface area contributed by atoms with Crippen molar-refractivity contribution in [3.05, 3.63) is 23.9 Å². The van der Waals surface area contributed by atoms with Crippen molar-refractivity contribution in [2.75, 3.05) is 26.2 Å². The number of nitrogens with zero attached hydrogens (tertiary/aromatic N) is 2. The van der Waals surface area contributed by atoms with Crippen LogP contribution in [-0.2, 0) is 11.3 Å². The van der Waals surface area contributed by atoms with E-state index in [0.29, 0.717) is 38.1 Å². The van der Waals surface area contributed by atoms with E-state index in [1.54, 1.807) is 6.20 Å². The van der Waals surface area contributed by atoms with Crippen LogP contribution in [0.5, 0.6) is 5.88 Å². The van der Waals surface area contributed by atoms with Gasteiger partial charge in [0.1, 0.15) is 0 Å². The van der Waals surface area contributed by atoms with Crippen LogP contribution in [0.25, 0.3) is 0 Å². The number of ether oxygens (including phenoxy) is 1. The Labute approximate surface area is 172 Å². The van der Waals surface area contributed by atoms with Gasteiger partial charge in [0.25, 0.3) is 0 Å². The molecule has 0 saturated heterocycles. The van der Waals surface area contributed by atoms with Gasteiger partial charge in [-0.1, -0.05) is 13.0 Å². The standard InChI is InChI=1S/C18H29N5O2.HI/c1-3-12-25-17-15(6-5-9-21-17)13-23-18(19-4-2)22-11-10-20-16(24)14-7-8-14;/h5-6,9,14H,3-4,7-8,10-13H2,1-2H3,(H,20,24)(H2,19,22,23);1H. The fourth-order valence-electron chi connectivity index (χ4n) is 2.24. The van der Waals surface area contributed by atoms with E-state index in [0.717, 1.165) is 31.4 Å². The van der Waals surface area contributed by atoms with Gasteiger partial charge < -0.3 is 20.7 Å². The molecule has 2 rings (SSSR count). The van der Waals surface area contributed by atoms with Gasteiger partial charge in [-0.3, -0.25) is 4.79 Å². The first kappa shape index (κ1) is 22.5. The lowest BCUT2D eigenvalue weighted by atomic mass is 10.3. The minimum atomic E-state index is 0. The predicted octanol–water partition coefficient (Wildman–Crippen LogP) is 2.07. The Balaban J connectivity index is 0.00000338. The summed E-state index contributed by atoms with van der Waals surface area (Å²) in [5.41, 5.74) is 0.954. The third-order valence-electron chi connectivity index (χ3n) is 3.71. The molecule has 0 bridgehead atoms. The van der Waals surface area contributed by atoms with Crippen molar-refractivity contribution in [1.82, 2.24) is 20.9 Å². The van der Waals surface area contributed by atoms with Crippen molar-refractivity contribution in [1.29, 1.82) is 0 Å². The molecule has 1 fully saturated rings. The van der Waals surface area contributed by atoms with Crippen LogP contribution >= 0.6 is 24.0 Å². The number of aliphatic imine (C=N–C) groups is 1. The zero-order valence-electron chi connectivity index (χ0n) is 15.6. The number of carbonyl (C=O) groups is 1. The molecule has 1 aliphatic rings. The lowest BCUT2D eigenvalue weighted by Crippen LogP contribution is -2.41. The number of aromatic nitrogens is 1. The van der Waals surface area contributed by atoms with Crippen molar-refractivity contribution in [3.63, 3.8) is 0 Å². The highest BCUT2D eigenvalue weighted by Gasteiger charge is 2.28. The molecular weight excluding hydrogens is 445 g/mol. The van der Waals surface area contributed by atoms with Crippen LogP contribution in [0.4, 0.5) is 0 Å². The molecule has 1 saturated carbocycles. The minimum absolute atomic E-state index is 0. The summed E-state index contributed by atoms with van der Waals surface area (Å²) in [5.74, 6) is 1.76. The number of hydrogen-bond donors (Lipinski definition) is 3. The van der Waals surface area contributed by atoms with E-state index >= 15 is 0 Å². The Bertz CT molecular complexity index is 578. The van der Waals surface area contributed by atoms with Gasteiger partial charge in [-0.25, -0.2) is 9.98 Å². The van der Waals surface area contributed by atoms with Gasteiger partial charge >= 0.3 is 0 Å². The van der Waals surface area contributed by atoms with E-state index in [-0.39, 0.29) is 35.8 Å². The molecule has 7 nitrogen and oxygen atoms in total. The van der Waals surface area contributed by atoms with Gasteiger partial charge in [0.05, 0.1) is 13.2 Å². The van der Waals surface area contributed by atoms with Crippen LogP contribution in [0.3, 0.4) is 0 Å². The second-order valence-electron chi connectivity index (χ2n) is 6.00. The monoisotopic (exact) mass is 475 g/mol. The van der Waals surface area contributed by atoms with Crippen molar-refractivity contribution in [2.24, 2.45) is 10.9 Å². The fourth-order valence-corrected chi connectivity index (χ4v) is 2.24. The molecule has 0 atom stereocenters. The molecule has 26 heavy (non-hydrogen) atoms. The number of rotatable bonds is 10. The predicted molar refractivity (Wildman–Crippen MR) is 114 cm³/mol. The molecular formula is C18H30IN5O2. The molecule has 0 radical (unpaired) electrons. The first-order valence-electron chi connectivity index (χ1n) is 9.11. The second kappa shape index (κ2) is 12.7. The van der Waals surface area contributed by atoms with Crippen molar-refractivity contribution < 1.29 is 9.53 Å². The van der Waals surface area contributed by atoms with E-state index in [1.165, 1.54) is 0 Å². The SMILES string of the molecule is CCCOc1ncccc1CN=C(NCC)NCCNC(=O)C1CC1.I. The molecule has 1 aromatic rings. The number of carbonyl (C=O) groups excluding carboxylic acids is 1. The number of pyridine rings is 1. The minimum Gasteiger partial charge on any atom is -0.477 e. The summed E-state index contributed by atoms with van der Waals surface area (Å²) < 4.78 is 5.66. The molecule has 146 valence electrons. The van der Waals surface area contributed by atoms with E-state index in [9.17, 15) is 4.79 Å². The summed E-state index contributed by atoms with van der Waals surface area (Å²) in [6, 6.07) is 3.86. The Kier molecular flexibility index (Phi) is 11.0. The molecule has 0 aromatic carbocycles. The summed E-state index contributed by atoms with van der Waals surface area (Å²) in [5, 5.41) is 9.37. The summed E-state index contributed by atoms with van der Waals surface area (Å²) in [7, 11) is 0. The molecule has 0 unspecified atom stereocenters. The van der Waals surface area contributed by atoms with Crippen molar-refractivity contribution in [2.45, 2.75) is 39.7 Å². The summed E-state index contributed by atoms with van der Waals surface area (Å²) in [6.45, 7) is 7.21. The van der Waals surface area contributed by atoms with Gasteiger partial charge in [0, 0.05) is 37.3 Å². The van der Waals surface area contributed by atoms with Crippen LogP contribution in [0.2, 0.25) is 0 Å². The third kappa shape index (κ3) is 8.20. The Morgan fingerprint density at radius 2 is 2.04 bits per heavy atom.